The molecule has 1 heterocycles. The van der Waals surface area contributed by atoms with Gasteiger partial charge in [-0.2, -0.15) is 0 Å². The van der Waals surface area contributed by atoms with Crippen molar-refractivity contribution in [3.05, 3.63) is 47.3 Å². The van der Waals surface area contributed by atoms with Crippen LogP contribution in [-0.2, 0) is 6.42 Å². The Bertz CT molecular complexity index is 348. The van der Waals surface area contributed by atoms with Crippen molar-refractivity contribution in [3.8, 4) is 0 Å². The minimum absolute atomic E-state index is 1.00. The normalized spacial score (nSPS) is 14.1. The van der Waals surface area contributed by atoms with Crippen molar-refractivity contribution in [2.45, 2.75) is 13.3 Å². The molecule has 1 aliphatic carbocycles. The number of aryl methyl sites for hydroxylation is 1. The molecule has 0 fully saturated rings. The SMILES string of the molecule is Cc1ccnc2c1CC=CC=C2. The maximum Gasteiger partial charge on any atom is 0.0667 e. The molecule has 0 aliphatic heterocycles. The monoisotopic (exact) mass is 157 g/mol. The molecule has 1 aromatic heterocycles. The van der Waals surface area contributed by atoms with Crippen LogP contribution in [0.5, 0.6) is 0 Å². The third-order valence-corrected chi connectivity index (χ3v) is 2.15. The average Bonchev–Trinajstić information content (AvgIpc) is 2.30. The van der Waals surface area contributed by atoms with Gasteiger partial charge in [0.15, 0.2) is 0 Å². The molecule has 1 aliphatic rings. The maximum absolute atomic E-state index is 4.31. The van der Waals surface area contributed by atoms with Gasteiger partial charge in [-0.15, -0.1) is 0 Å². The number of nitrogens with zero attached hydrogens (tertiary/aromatic N) is 1. The minimum atomic E-state index is 1.00. The Balaban J connectivity index is 2.59. The molecule has 0 saturated heterocycles. The van der Waals surface area contributed by atoms with Crippen molar-refractivity contribution in [2.75, 3.05) is 0 Å². The third kappa shape index (κ3) is 1.18. The first kappa shape index (κ1) is 7.29. The number of fused-ring (bicyclic) bond motifs is 1. The van der Waals surface area contributed by atoms with Gasteiger partial charge in [0.1, 0.15) is 0 Å². The predicted molar refractivity (Wildman–Crippen MR) is 50.9 cm³/mol. The molecule has 0 amide bonds. The molecule has 0 aromatic carbocycles. The van der Waals surface area contributed by atoms with E-state index in [0.717, 1.165) is 12.1 Å². The highest BCUT2D eigenvalue weighted by Crippen LogP contribution is 2.16. The van der Waals surface area contributed by atoms with Crippen molar-refractivity contribution in [1.82, 2.24) is 4.98 Å². The Kier molecular flexibility index (Phi) is 1.78. The van der Waals surface area contributed by atoms with Gasteiger partial charge in [-0.1, -0.05) is 18.2 Å². The first-order valence-corrected chi connectivity index (χ1v) is 4.15. The summed E-state index contributed by atoms with van der Waals surface area (Å²) in [6.07, 6.45) is 11.2. The van der Waals surface area contributed by atoms with Crippen LogP contribution in [0.1, 0.15) is 16.8 Å². The molecular weight excluding hydrogens is 146 g/mol. The van der Waals surface area contributed by atoms with Crippen LogP contribution in [0.3, 0.4) is 0 Å². The lowest BCUT2D eigenvalue weighted by Gasteiger charge is -2.04. The van der Waals surface area contributed by atoms with E-state index in [-0.39, 0.29) is 0 Å². The lowest BCUT2D eigenvalue weighted by Crippen LogP contribution is -1.93. The molecule has 0 unspecified atom stereocenters. The van der Waals surface area contributed by atoms with Crippen LogP contribution in [0, 0.1) is 6.92 Å². The highest BCUT2D eigenvalue weighted by atomic mass is 14.7. The molecule has 1 nitrogen and oxygen atoms in total. The number of hydrogen-bond acceptors (Lipinski definition) is 1. The van der Waals surface area contributed by atoms with E-state index in [1.165, 1.54) is 11.1 Å². The van der Waals surface area contributed by atoms with Gasteiger partial charge in [0.05, 0.1) is 5.69 Å². The summed E-state index contributed by atoms with van der Waals surface area (Å²) < 4.78 is 0. The molecule has 60 valence electrons. The van der Waals surface area contributed by atoms with Gasteiger partial charge >= 0.3 is 0 Å². The second kappa shape index (κ2) is 2.94. The first-order chi connectivity index (χ1) is 5.88. The van der Waals surface area contributed by atoms with Crippen LogP contribution in [0.2, 0.25) is 0 Å². The van der Waals surface area contributed by atoms with E-state index in [2.05, 4.69) is 36.2 Å². The Hall–Kier alpha value is -1.37. The van der Waals surface area contributed by atoms with Crippen molar-refractivity contribution < 1.29 is 0 Å². The number of pyridine rings is 1. The van der Waals surface area contributed by atoms with Gasteiger partial charge in [-0.3, -0.25) is 4.98 Å². The van der Waals surface area contributed by atoms with E-state index in [0.29, 0.717) is 0 Å². The van der Waals surface area contributed by atoms with Crippen molar-refractivity contribution in [3.63, 3.8) is 0 Å². The summed E-state index contributed by atoms with van der Waals surface area (Å²) in [5.41, 5.74) is 3.79. The van der Waals surface area contributed by atoms with Crippen LogP contribution in [0.25, 0.3) is 6.08 Å². The van der Waals surface area contributed by atoms with Crippen LogP contribution in [0.15, 0.2) is 30.5 Å². The fourth-order valence-corrected chi connectivity index (χ4v) is 1.43. The molecule has 0 radical (unpaired) electrons. The van der Waals surface area contributed by atoms with E-state index in [9.17, 15) is 0 Å². The molecule has 0 bridgehead atoms. The van der Waals surface area contributed by atoms with Crippen LogP contribution in [0.4, 0.5) is 0 Å². The molecule has 0 spiro atoms. The Labute approximate surface area is 72.5 Å². The zero-order chi connectivity index (χ0) is 8.39. The highest BCUT2D eigenvalue weighted by molar-refractivity contribution is 5.55. The summed E-state index contributed by atoms with van der Waals surface area (Å²) in [6, 6.07) is 2.06. The standard InChI is InChI=1S/C11H11N/c1-9-7-8-12-11-6-4-2-3-5-10(9)11/h2-4,6-8H,5H2,1H3. The summed E-state index contributed by atoms with van der Waals surface area (Å²) >= 11 is 0. The van der Waals surface area contributed by atoms with Gasteiger partial charge in [-0.05, 0) is 36.6 Å². The zero-order valence-corrected chi connectivity index (χ0v) is 7.12. The number of hydrogen-bond donors (Lipinski definition) is 0. The van der Waals surface area contributed by atoms with Gasteiger partial charge in [0, 0.05) is 6.20 Å². The quantitative estimate of drug-likeness (QED) is 0.564. The fraction of sp³-hybridized carbons (Fsp3) is 0.182. The number of aromatic nitrogens is 1. The number of allylic oxidation sites excluding steroid dienone is 3. The third-order valence-electron chi connectivity index (χ3n) is 2.15. The molecule has 0 saturated carbocycles. The summed E-state index contributed by atoms with van der Waals surface area (Å²) in [7, 11) is 0. The van der Waals surface area contributed by atoms with Gasteiger partial charge in [-0.25, -0.2) is 0 Å². The second-order valence-electron chi connectivity index (χ2n) is 2.98. The van der Waals surface area contributed by atoms with Crippen LogP contribution < -0.4 is 0 Å². The summed E-state index contributed by atoms with van der Waals surface area (Å²) in [5.74, 6) is 0. The lowest BCUT2D eigenvalue weighted by atomic mass is 10.1. The van der Waals surface area contributed by atoms with E-state index >= 15 is 0 Å². The van der Waals surface area contributed by atoms with Crippen LogP contribution >= 0.6 is 0 Å². The molecule has 12 heavy (non-hydrogen) atoms. The smallest absolute Gasteiger partial charge is 0.0667 e. The van der Waals surface area contributed by atoms with Gasteiger partial charge < -0.3 is 0 Å². The second-order valence-corrected chi connectivity index (χ2v) is 2.98. The van der Waals surface area contributed by atoms with Crippen molar-refractivity contribution in [2.24, 2.45) is 0 Å². The highest BCUT2D eigenvalue weighted by Gasteiger charge is 2.03. The largest absolute Gasteiger partial charge is 0.257 e. The minimum Gasteiger partial charge on any atom is -0.257 e. The summed E-state index contributed by atoms with van der Waals surface area (Å²) in [5, 5.41) is 0. The van der Waals surface area contributed by atoms with E-state index in [1.54, 1.807) is 0 Å². The molecular formula is C11H11N. The first-order valence-electron chi connectivity index (χ1n) is 4.15. The number of rotatable bonds is 0. The predicted octanol–water partition coefficient (Wildman–Crippen LogP) is 2.52. The Morgan fingerprint density at radius 1 is 1.33 bits per heavy atom. The molecule has 1 aromatic rings. The maximum atomic E-state index is 4.31. The molecule has 0 N–H and O–H groups in total. The molecule has 0 atom stereocenters. The van der Waals surface area contributed by atoms with E-state index in [1.807, 2.05) is 12.3 Å². The Morgan fingerprint density at radius 2 is 2.25 bits per heavy atom. The summed E-state index contributed by atoms with van der Waals surface area (Å²) in [6.45, 7) is 2.13. The van der Waals surface area contributed by atoms with Gasteiger partial charge in [0.2, 0.25) is 0 Å². The van der Waals surface area contributed by atoms with Crippen molar-refractivity contribution >= 4 is 6.08 Å². The molecule has 1 heteroatoms. The average molecular weight is 157 g/mol. The fourth-order valence-electron chi connectivity index (χ4n) is 1.43. The summed E-state index contributed by atoms with van der Waals surface area (Å²) in [4.78, 5) is 4.31. The topological polar surface area (TPSA) is 12.9 Å². The van der Waals surface area contributed by atoms with Crippen LogP contribution in [-0.4, -0.2) is 4.98 Å². The van der Waals surface area contributed by atoms with Crippen molar-refractivity contribution in [1.29, 1.82) is 0 Å². The molecule has 2 rings (SSSR count). The lowest BCUT2D eigenvalue weighted by molar-refractivity contribution is 1.13. The Morgan fingerprint density at radius 3 is 3.17 bits per heavy atom. The zero-order valence-electron chi connectivity index (χ0n) is 7.12. The van der Waals surface area contributed by atoms with E-state index < -0.39 is 0 Å². The van der Waals surface area contributed by atoms with Gasteiger partial charge in [0.25, 0.3) is 0 Å². The van der Waals surface area contributed by atoms with E-state index in [4.69, 9.17) is 0 Å².